The van der Waals surface area contributed by atoms with Crippen molar-refractivity contribution in [2.24, 2.45) is 0 Å². The van der Waals surface area contributed by atoms with Crippen molar-refractivity contribution in [1.29, 1.82) is 0 Å². The first-order valence-corrected chi connectivity index (χ1v) is 6.39. The number of hydrogen-bond donors (Lipinski definition) is 1. The number of aromatic nitrogens is 1. The Hall–Kier alpha value is -0.980. The molecule has 4 nitrogen and oxygen atoms in total. The molecule has 84 valence electrons. The highest BCUT2D eigenvalue weighted by molar-refractivity contribution is 7.98. The fourth-order valence-corrected chi connectivity index (χ4v) is 2.86. The molecule has 0 amide bonds. The summed E-state index contributed by atoms with van der Waals surface area (Å²) in [5, 5.41) is 9.23. The van der Waals surface area contributed by atoms with E-state index in [1.807, 2.05) is 0 Å². The largest absolute Gasteiger partial charge is 0.475 e. The first-order chi connectivity index (χ1) is 7.65. The van der Waals surface area contributed by atoms with Gasteiger partial charge in [0.1, 0.15) is 0 Å². The lowest BCUT2D eigenvalue weighted by molar-refractivity contribution is 0.0656. The molecule has 0 aromatic carbocycles. The number of carboxylic acids is 1. The van der Waals surface area contributed by atoms with Crippen LogP contribution in [0.4, 0.5) is 0 Å². The molecular weight excluding hydrogens is 270 g/mol. The van der Waals surface area contributed by atoms with Gasteiger partial charge in [0.2, 0.25) is 5.76 Å². The van der Waals surface area contributed by atoms with Crippen LogP contribution < -0.4 is 0 Å². The third-order valence-corrected chi connectivity index (χ3v) is 3.93. The van der Waals surface area contributed by atoms with E-state index in [1.165, 1.54) is 29.2 Å². The van der Waals surface area contributed by atoms with Gasteiger partial charge in [-0.2, -0.15) is 0 Å². The minimum absolute atomic E-state index is 0.0511. The highest BCUT2D eigenvalue weighted by Gasteiger charge is 2.09. The van der Waals surface area contributed by atoms with Crippen molar-refractivity contribution >= 4 is 40.7 Å². The summed E-state index contributed by atoms with van der Waals surface area (Å²) >= 11 is 8.49. The van der Waals surface area contributed by atoms with Crippen molar-refractivity contribution in [2.45, 2.75) is 10.8 Å². The molecule has 2 heterocycles. The van der Waals surface area contributed by atoms with Crippen LogP contribution in [0.15, 0.2) is 27.8 Å². The van der Waals surface area contributed by atoms with E-state index in [9.17, 15) is 4.79 Å². The Morgan fingerprint density at radius 1 is 1.62 bits per heavy atom. The molecule has 7 heteroatoms. The van der Waals surface area contributed by atoms with Crippen LogP contribution in [0, 0.1) is 0 Å². The van der Waals surface area contributed by atoms with Crippen molar-refractivity contribution < 1.29 is 14.3 Å². The Kier molecular flexibility index (Phi) is 3.52. The molecule has 0 saturated heterocycles. The number of nitrogens with zero attached hydrogens (tertiary/aromatic N) is 1. The maximum absolute atomic E-state index is 10.6. The third-order valence-electron chi connectivity index (χ3n) is 1.67. The number of carbonyl (C=O) groups is 1. The highest BCUT2D eigenvalue weighted by Crippen LogP contribution is 2.28. The van der Waals surface area contributed by atoms with Gasteiger partial charge >= 0.3 is 5.97 Å². The van der Waals surface area contributed by atoms with Crippen LogP contribution in [-0.4, -0.2) is 16.1 Å². The predicted molar refractivity (Wildman–Crippen MR) is 62.4 cm³/mol. The summed E-state index contributed by atoms with van der Waals surface area (Å²) in [5.41, 5.74) is 0. The Balaban J connectivity index is 1.97. The van der Waals surface area contributed by atoms with Crippen LogP contribution in [0.3, 0.4) is 0 Å². The number of thiazole rings is 1. The summed E-state index contributed by atoms with van der Waals surface area (Å²) in [5.74, 6) is -0.450. The van der Waals surface area contributed by atoms with Crippen molar-refractivity contribution in [1.82, 2.24) is 4.98 Å². The smallest absolute Gasteiger partial charge is 0.371 e. The van der Waals surface area contributed by atoms with E-state index < -0.39 is 5.97 Å². The molecule has 2 rings (SSSR count). The lowest BCUT2D eigenvalue weighted by Crippen LogP contribution is -1.91. The number of furan rings is 1. The van der Waals surface area contributed by atoms with Crippen LogP contribution in [0.5, 0.6) is 0 Å². The Bertz CT molecular complexity index is 508. The summed E-state index contributed by atoms with van der Waals surface area (Å²) in [7, 11) is 0. The molecule has 0 aliphatic heterocycles. The van der Waals surface area contributed by atoms with Gasteiger partial charge in [0.25, 0.3) is 0 Å². The minimum Gasteiger partial charge on any atom is -0.475 e. The van der Waals surface area contributed by atoms with E-state index in [0.717, 1.165) is 4.88 Å². The predicted octanol–water partition coefficient (Wildman–Crippen LogP) is 3.38. The second-order valence-corrected chi connectivity index (χ2v) is 5.47. The third kappa shape index (κ3) is 2.78. The van der Waals surface area contributed by atoms with E-state index in [2.05, 4.69) is 4.98 Å². The van der Waals surface area contributed by atoms with Gasteiger partial charge in [0.05, 0.1) is 0 Å². The topological polar surface area (TPSA) is 63.3 Å². The molecule has 2 aromatic rings. The average Bonchev–Trinajstić information content (AvgIpc) is 2.83. The first kappa shape index (κ1) is 11.5. The molecule has 16 heavy (non-hydrogen) atoms. The number of carboxylic acid groups (broad SMARTS) is 1. The molecule has 0 fully saturated rings. The van der Waals surface area contributed by atoms with E-state index in [4.69, 9.17) is 21.1 Å². The number of aromatic carboxylic acids is 1. The summed E-state index contributed by atoms with van der Waals surface area (Å²) in [4.78, 5) is 15.5. The SMILES string of the molecule is O=C(O)c1ccc(SCc2cnc(Cl)s2)o1. The van der Waals surface area contributed by atoms with Gasteiger partial charge in [-0.05, 0) is 12.1 Å². The zero-order chi connectivity index (χ0) is 11.5. The lowest BCUT2D eigenvalue weighted by Gasteiger charge is -1.93. The summed E-state index contributed by atoms with van der Waals surface area (Å²) in [6.45, 7) is 0. The molecule has 0 radical (unpaired) electrons. The van der Waals surface area contributed by atoms with Crippen molar-refractivity contribution in [3.63, 3.8) is 0 Å². The Morgan fingerprint density at radius 2 is 2.44 bits per heavy atom. The highest BCUT2D eigenvalue weighted by atomic mass is 35.5. The molecule has 0 bridgehead atoms. The molecular formula is C9H6ClNO3S2. The zero-order valence-electron chi connectivity index (χ0n) is 7.84. The van der Waals surface area contributed by atoms with Crippen LogP contribution in [0.1, 0.15) is 15.4 Å². The van der Waals surface area contributed by atoms with Crippen molar-refractivity contribution in [3.05, 3.63) is 33.4 Å². The number of hydrogen-bond acceptors (Lipinski definition) is 5. The van der Waals surface area contributed by atoms with Gasteiger partial charge in [-0.1, -0.05) is 23.4 Å². The molecule has 0 saturated carbocycles. The average molecular weight is 276 g/mol. The van der Waals surface area contributed by atoms with Gasteiger partial charge in [0.15, 0.2) is 9.56 Å². The monoisotopic (exact) mass is 275 g/mol. The lowest BCUT2D eigenvalue weighted by atomic mass is 10.5. The zero-order valence-corrected chi connectivity index (χ0v) is 10.2. The summed E-state index contributed by atoms with van der Waals surface area (Å²) in [6, 6.07) is 3.07. The molecule has 2 aromatic heterocycles. The van der Waals surface area contributed by atoms with E-state index in [-0.39, 0.29) is 5.76 Å². The normalized spacial score (nSPS) is 10.6. The number of rotatable bonds is 4. The standard InChI is InChI=1S/C9H6ClNO3S2/c10-9-11-3-5(16-9)4-15-7-2-1-6(14-7)8(12)13/h1-3H,4H2,(H,12,13). The fraction of sp³-hybridized carbons (Fsp3) is 0.111. The van der Waals surface area contributed by atoms with Gasteiger partial charge in [-0.3, -0.25) is 0 Å². The fourth-order valence-electron chi connectivity index (χ4n) is 1.01. The van der Waals surface area contributed by atoms with Crippen LogP contribution in [0.2, 0.25) is 4.47 Å². The van der Waals surface area contributed by atoms with E-state index >= 15 is 0 Å². The van der Waals surface area contributed by atoms with Crippen LogP contribution >= 0.6 is 34.7 Å². The number of halogens is 1. The quantitative estimate of drug-likeness (QED) is 0.867. The molecule has 0 aliphatic rings. The molecule has 0 spiro atoms. The first-order valence-electron chi connectivity index (χ1n) is 4.21. The van der Waals surface area contributed by atoms with Gasteiger partial charge in [-0.25, -0.2) is 9.78 Å². The molecule has 1 N–H and O–H groups in total. The Labute approximate surface area is 104 Å². The maximum Gasteiger partial charge on any atom is 0.371 e. The number of thioether (sulfide) groups is 1. The maximum atomic E-state index is 10.6. The Morgan fingerprint density at radius 3 is 3.00 bits per heavy atom. The second-order valence-electron chi connectivity index (χ2n) is 2.79. The van der Waals surface area contributed by atoms with Crippen LogP contribution in [-0.2, 0) is 5.75 Å². The summed E-state index contributed by atoms with van der Waals surface area (Å²) in [6.07, 6.45) is 1.70. The van der Waals surface area contributed by atoms with E-state index in [0.29, 0.717) is 15.3 Å². The van der Waals surface area contributed by atoms with Gasteiger partial charge < -0.3 is 9.52 Å². The van der Waals surface area contributed by atoms with Crippen molar-refractivity contribution in [3.8, 4) is 0 Å². The minimum atomic E-state index is -1.06. The van der Waals surface area contributed by atoms with Crippen molar-refractivity contribution in [2.75, 3.05) is 0 Å². The van der Waals surface area contributed by atoms with Gasteiger partial charge in [-0.15, -0.1) is 11.3 Å². The molecule has 0 aliphatic carbocycles. The van der Waals surface area contributed by atoms with Crippen LogP contribution in [0.25, 0.3) is 0 Å². The molecule has 0 atom stereocenters. The molecule has 0 unspecified atom stereocenters. The van der Waals surface area contributed by atoms with Gasteiger partial charge in [0, 0.05) is 16.8 Å². The van der Waals surface area contributed by atoms with E-state index in [1.54, 1.807) is 12.3 Å². The second kappa shape index (κ2) is 4.90. The summed E-state index contributed by atoms with van der Waals surface area (Å²) < 4.78 is 5.59.